The fourth-order valence-electron chi connectivity index (χ4n) is 2.36. The molecule has 0 radical (unpaired) electrons. The first-order chi connectivity index (χ1) is 9.29. The Labute approximate surface area is 125 Å². The monoisotopic (exact) mass is 293 g/mol. The van der Waals surface area contributed by atoms with Gasteiger partial charge in [-0.2, -0.15) is 0 Å². The van der Waals surface area contributed by atoms with Gasteiger partial charge in [-0.25, -0.2) is 0 Å². The van der Waals surface area contributed by atoms with Gasteiger partial charge in [0.05, 0.1) is 11.9 Å². The molecule has 0 saturated carbocycles. The van der Waals surface area contributed by atoms with Gasteiger partial charge in [-0.15, -0.1) is 11.8 Å². The Morgan fingerprint density at radius 3 is 2.45 bits per heavy atom. The summed E-state index contributed by atoms with van der Waals surface area (Å²) in [6, 6.07) is 8.48. The number of carbonyl (C=O) groups excluding carboxylic acids is 1. The topological polar surface area (TPSA) is 40.5 Å². The summed E-state index contributed by atoms with van der Waals surface area (Å²) in [5, 5.41) is 9.58. The van der Waals surface area contributed by atoms with Crippen molar-refractivity contribution in [1.82, 2.24) is 4.90 Å². The number of thioether (sulfide) groups is 1. The molecule has 1 aliphatic heterocycles. The van der Waals surface area contributed by atoms with E-state index in [4.69, 9.17) is 0 Å². The van der Waals surface area contributed by atoms with Crippen LogP contribution in [0.5, 0.6) is 0 Å². The molecule has 1 amide bonds. The second kappa shape index (κ2) is 5.78. The minimum atomic E-state index is -0.492. The number of amides is 1. The molecule has 2 atom stereocenters. The number of benzene rings is 1. The van der Waals surface area contributed by atoms with Gasteiger partial charge in [0.1, 0.15) is 5.37 Å². The van der Waals surface area contributed by atoms with Crippen molar-refractivity contribution in [2.75, 3.05) is 12.3 Å². The maximum absolute atomic E-state index is 11.9. The van der Waals surface area contributed by atoms with E-state index >= 15 is 0 Å². The normalized spacial score (nSPS) is 21.4. The van der Waals surface area contributed by atoms with Crippen LogP contribution in [0, 0.1) is 0 Å². The lowest BCUT2D eigenvalue weighted by Gasteiger charge is -2.26. The molecular formula is C16H23NO2S. The lowest BCUT2D eigenvalue weighted by molar-refractivity contribution is -0.129. The van der Waals surface area contributed by atoms with E-state index in [1.54, 1.807) is 23.6 Å². The molecule has 0 unspecified atom stereocenters. The van der Waals surface area contributed by atoms with Crippen molar-refractivity contribution in [3.8, 4) is 0 Å². The van der Waals surface area contributed by atoms with Gasteiger partial charge in [0.15, 0.2) is 0 Å². The largest absolute Gasteiger partial charge is 0.392 e. The number of carbonyl (C=O) groups is 1. The first-order valence-electron chi connectivity index (χ1n) is 6.98. The zero-order valence-electron chi connectivity index (χ0n) is 12.6. The summed E-state index contributed by atoms with van der Waals surface area (Å²) < 4.78 is 0. The molecule has 1 N–H and O–H groups in total. The Bertz CT molecular complexity index is 476. The quantitative estimate of drug-likeness (QED) is 0.931. The van der Waals surface area contributed by atoms with E-state index in [2.05, 4.69) is 45.0 Å². The molecular weight excluding hydrogens is 270 g/mol. The Kier molecular flexibility index (Phi) is 4.45. The molecule has 20 heavy (non-hydrogen) atoms. The first-order valence-corrected chi connectivity index (χ1v) is 8.03. The van der Waals surface area contributed by atoms with E-state index < -0.39 is 6.10 Å². The summed E-state index contributed by atoms with van der Waals surface area (Å²) in [6.07, 6.45) is -0.492. The fourth-order valence-corrected chi connectivity index (χ4v) is 3.56. The Morgan fingerprint density at radius 2 is 1.95 bits per heavy atom. The molecule has 1 fully saturated rings. The number of hydrogen-bond acceptors (Lipinski definition) is 3. The van der Waals surface area contributed by atoms with Gasteiger partial charge in [0.25, 0.3) is 0 Å². The molecule has 1 aliphatic rings. The summed E-state index contributed by atoms with van der Waals surface area (Å²) in [5.41, 5.74) is 2.56. The second-order valence-corrected chi connectivity index (χ2v) is 7.50. The van der Waals surface area contributed by atoms with Crippen LogP contribution in [0.25, 0.3) is 0 Å². The molecule has 0 aromatic heterocycles. The molecule has 3 nitrogen and oxygen atoms in total. The maximum atomic E-state index is 11.9. The third kappa shape index (κ3) is 3.36. The van der Waals surface area contributed by atoms with Crippen molar-refractivity contribution in [1.29, 1.82) is 0 Å². The number of nitrogens with zero attached hydrogens (tertiary/aromatic N) is 1. The van der Waals surface area contributed by atoms with E-state index in [0.29, 0.717) is 12.3 Å². The van der Waals surface area contributed by atoms with Crippen LogP contribution in [-0.4, -0.2) is 34.3 Å². The third-order valence-electron chi connectivity index (χ3n) is 3.49. The van der Waals surface area contributed by atoms with Crippen molar-refractivity contribution < 1.29 is 9.90 Å². The van der Waals surface area contributed by atoms with Gasteiger partial charge in [0.2, 0.25) is 5.91 Å². The van der Waals surface area contributed by atoms with Crippen LogP contribution >= 0.6 is 11.8 Å². The van der Waals surface area contributed by atoms with Crippen LogP contribution in [0.3, 0.4) is 0 Å². The van der Waals surface area contributed by atoms with E-state index in [1.807, 2.05) is 0 Å². The van der Waals surface area contributed by atoms with E-state index in [-0.39, 0.29) is 16.7 Å². The van der Waals surface area contributed by atoms with Crippen LogP contribution < -0.4 is 0 Å². The lowest BCUT2D eigenvalue weighted by atomic mass is 9.86. The highest BCUT2D eigenvalue weighted by molar-refractivity contribution is 8.00. The molecule has 1 aromatic rings. The highest BCUT2D eigenvalue weighted by Gasteiger charge is 2.33. The number of aliphatic hydroxyl groups excluding tert-OH is 1. The number of hydrogen-bond donors (Lipinski definition) is 1. The van der Waals surface area contributed by atoms with Crippen molar-refractivity contribution in [3.05, 3.63) is 35.4 Å². The third-order valence-corrected chi connectivity index (χ3v) is 4.75. The van der Waals surface area contributed by atoms with Crippen LogP contribution in [0.4, 0.5) is 0 Å². The fraction of sp³-hybridized carbons (Fsp3) is 0.562. The molecule has 1 aromatic carbocycles. The molecule has 0 spiro atoms. The highest BCUT2D eigenvalue weighted by Crippen LogP contribution is 2.39. The van der Waals surface area contributed by atoms with Crippen molar-refractivity contribution in [2.24, 2.45) is 0 Å². The predicted molar refractivity (Wildman–Crippen MR) is 83.7 cm³/mol. The summed E-state index contributed by atoms with van der Waals surface area (Å²) >= 11 is 1.63. The van der Waals surface area contributed by atoms with E-state index in [9.17, 15) is 9.90 Å². The van der Waals surface area contributed by atoms with Crippen molar-refractivity contribution in [2.45, 2.75) is 44.6 Å². The molecule has 2 rings (SSSR count). The van der Waals surface area contributed by atoms with Crippen LogP contribution in [0.15, 0.2) is 24.3 Å². The summed E-state index contributed by atoms with van der Waals surface area (Å²) in [6.45, 7) is 8.69. The SMILES string of the molecule is C[C@@H](O)CN1C(=O)CS[C@H]1c1ccc(C(C)(C)C)cc1. The smallest absolute Gasteiger partial charge is 0.233 e. The first kappa shape index (κ1) is 15.4. The summed E-state index contributed by atoms with van der Waals surface area (Å²) in [7, 11) is 0. The predicted octanol–water partition coefficient (Wildman–Crippen LogP) is 2.94. The Balaban J connectivity index is 2.20. The van der Waals surface area contributed by atoms with Gasteiger partial charge in [-0.3, -0.25) is 4.79 Å². The van der Waals surface area contributed by atoms with Gasteiger partial charge >= 0.3 is 0 Å². The van der Waals surface area contributed by atoms with E-state index in [1.165, 1.54) is 5.56 Å². The average molecular weight is 293 g/mol. The number of β-amino-alcohol motifs (C(OH)–C–C–N with tert-alkyl or cyclic N) is 1. The zero-order chi connectivity index (χ0) is 14.9. The van der Waals surface area contributed by atoms with Gasteiger partial charge in [0, 0.05) is 6.54 Å². The zero-order valence-corrected chi connectivity index (χ0v) is 13.4. The molecule has 1 heterocycles. The molecule has 4 heteroatoms. The van der Waals surface area contributed by atoms with Crippen LogP contribution in [0.1, 0.15) is 44.2 Å². The molecule has 0 bridgehead atoms. The van der Waals surface area contributed by atoms with Gasteiger partial charge in [-0.1, -0.05) is 45.0 Å². The molecule has 0 aliphatic carbocycles. The Hall–Kier alpha value is -1.00. The van der Waals surface area contributed by atoms with Crippen LogP contribution in [0.2, 0.25) is 0 Å². The average Bonchev–Trinajstić information content (AvgIpc) is 2.70. The standard InChI is InChI=1S/C16H23NO2S/c1-11(18)9-17-14(19)10-20-15(17)12-5-7-13(8-6-12)16(2,3)4/h5-8,11,15,18H,9-10H2,1-4H3/t11-,15+/m1/s1. The highest BCUT2D eigenvalue weighted by atomic mass is 32.2. The summed E-state index contributed by atoms with van der Waals surface area (Å²) in [4.78, 5) is 13.7. The number of rotatable bonds is 3. The van der Waals surface area contributed by atoms with Gasteiger partial charge in [-0.05, 0) is 23.5 Å². The Morgan fingerprint density at radius 1 is 1.35 bits per heavy atom. The van der Waals surface area contributed by atoms with E-state index in [0.717, 1.165) is 5.56 Å². The maximum Gasteiger partial charge on any atom is 0.233 e. The number of aliphatic hydroxyl groups is 1. The van der Waals surface area contributed by atoms with Crippen LogP contribution in [-0.2, 0) is 10.2 Å². The second-order valence-electron chi connectivity index (χ2n) is 6.43. The van der Waals surface area contributed by atoms with Crippen molar-refractivity contribution in [3.63, 3.8) is 0 Å². The molecule has 110 valence electrons. The lowest BCUT2D eigenvalue weighted by Crippen LogP contribution is -2.34. The minimum absolute atomic E-state index is 0.0334. The molecule has 1 saturated heterocycles. The van der Waals surface area contributed by atoms with Crippen molar-refractivity contribution >= 4 is 17.7 Å². The van der Waals surface area contributed by atoms with Gasteiger partial charge < -0.3 is 10.0 Å². The minimum Gasteiger partial charge on any atom is -0.392 e. The summed E-state index contributed by atoms with van der Waals surface area (Å²) in [5.74, 6) is 0.610.